The van der Waals surface area contributed by atoms with Gasteiger partial charge >= 0.3 is 12.2 Å². The molecule has 1 heterocycles. The van der Waals surface area contributed by atoms with E-state index in [0.717, 1.165) is 38.1 Å². The number of hydrogen-bond donors (Lipinski definition) is 3. The second-order valence-electron chi connectivity index (χ2n) is 5.19. The summed E-state index contributed by atoms with van der Waals surface area (Å²) < 4.78 is 38.6. The third kappa shape index (κ3) is 4.51. The number of hydrogen-bond acceptors (Lipinski definition) is 4. The molecule has 6 nitrogen and oxygen atoms in total. The van der Waals surface area contributed by atoms with Crippen molar-refractivity contribution in [2.75, 3.05) is 29.9 Å². The number of carbonyl (C=O) groups is 2. The molecular weight excluding hydrogens is 313 g/mol. The molecule has 9 heteroatoms. The molecule has 3 amide bonds. The average Bonchev–Trinajstić information content (AvgIpc) is 2.97. The molecule has 1 aliphatic heterocycles. The van der Waals surface area contributed by atoms with Crippen LogP contribution in [0.15, 0.2) is 18.2 Å². The van der Waals surface area contributed by atoms with Crippen molar-refractivity contribution in [3.63, 3.8) is 0 Å². The van der Waals surface area contributed by atoms with Crippen molar-refractivity contribution in [3.05, 3.63) is 23.8 Å². The first-order chi connectivity index (χ1) is 10.8. The number of amides is 3. The highest BCUT2D eigenvalue weighted by Gasteiger charge is 2.31. The third-order valence-corrected chi connectivity index (χ3v) is 3.47. The van der Waals surface area contributed by atoms with E-state index in [9.17, 15) is 22.8 Å². The number of alkyl halides is 3. The molecule has 4 N–H and O–H groups in total. The van der Waals surface area contributed by atoms with Crippen LogP contribution in [0.2, 0.25) is 0 Å². The quantitative estimate of drug-likeness (QED) is 0.787. The van der Waals surface area contributed by atoms with Crippen LogP contribution in [-0.2, 0) is 11.0 Å². The normalized spacial score (nSPS) is 14.7. The van der Waals surface area contributed by atoms with E-state index in [2.05, 4.69) is 5.32 Å². The summed E-state index contributed by atoms with van der Waals surface area (Å²) in [7, 11) is 0. The van der Waals surface area contributed by atoms with Crippen molar-refractivity contribution < 1.29 is 22.8 Å². The summed E-state index contributed by atoms with van der Waals surface area (Å²) in [5, 5.41) is 4.49. The highest BCUT2D eigenvalue weighted by Crippen LogP contribution is 2.36. The molecule has 0 aliphatic carbocycles. The van der Waals surface area contributed by atoms with Crippen LogP contribution in [0, 0.1) is 0 Å². The van der Waals surface area contributed by atoms with Gasteiger partial charge < -0.3 is 16.0 Å². The van der Waals surface area contributed by atoms with Crippen molar-refractivity contribution >= 4 is 23.3 Å². The summed E-state index contributed by atoms with van der Waals surface area (Å²) in [6.45, 7) is 1.13. The number of benzene rings is 1. The average molecular weight is 330 g/mol. The summed E-state index contributed by atoms with van der Waals surface area (Å²) in [5.74, 6) is -0.720. The highest BCUT2D eigenvalue weighted by molar-refractivity contribution is 5.95. The number of nitrogens with two attached hydrogens (primary N) is 1. The summed E-state index contributed by atoms with van der Waals surface area (Å²) in [6, 6.07) is 2.36. The maximum absolute atomic E-state index is 12.9. The Balaban J connectivity index is 2.21. The second kappa shape index (κ2) is 6.76. The highest BCUT2D eigenvalue weighted by atomic mass is 19.4. The molecule has 1 aliphatic rings. The van der Waals surface area contributed by atoms with Gasteiger partial charge in [0.2, 0.25) is 5.91 Å². The Morgan fingerprint density at radius 2 is 1.87 bits per heavy atom. The molecule has 23 heavy (non-hydrogen) atoms. The number of nitrogens with zero attached hydrogens (tertiary/aromatic N) is 1. The standard InChI is InChI=1S/C14H17F3N4O2/c15-14(16,17)9-3-4-11(21-5-1-2-6-21)10(7-9)19-8-12(22)20-13(18)23/h3-4,7,19H,1-2,5-6,8H2,(H3,18,20,22,23). The Hall–Kier alpha value is -2.45. The maximum atomic E-state index is 12.9. The molecule has 2 rings (SSSR count). The maximum Gasteiger partial charge on any atom is 0.416 e. The van der Waals surface area contributed by atoms with E-state index in [0.29, 0.717) is 5.69 Å². The van der Waals surface area contributed by atoms with Crippen LogP contribution in [0.25, 0.3) is 0 Å². The Morgan fingerprint density at radius 3 is 2.43 bits per heavy atom. The van der Waals surface area contributed by atoms with Gasteiger partial charge in [-0.05, 0) is 31.0 Å². The second-order valence-corrected chi connectivity index (χ2v) is 5.19. The van der Waals surface area contributed by atoms with Gasteiger partial charge in [-0.1, -0.05) is 0 Å². The number of urea groups is 1. The lowest BCUT2D eigenvalue weighted by molar-refractivity contribution is -0.137. The van der Waals surface area contributed by atoms with E-state index in [1.807, 2.05) is 10.2 Å². The summed E-state index contributed by atoms with van der Waals surface area (Å²) >= 11 is 0. The Morgan fingerprint density at radius 1 is 1.22 bits per heavy atom. The number of nitrogens with one attached hydrogen (secondary N) is 2. The van der Waals surface area contributed by atoms with Crippen LogP contribution in [0.4, 0.5) is 29.3 Å². The fraction of sp³-hybridized carbons (Fsp3) is 0.429. The Labute approximate surface area is 130 Å². The van der Waals surface area contributed by atoms with Crippen LogP contribution in [0.3, 0.4) is 0 Å². The first kappa shape index (κ1) is 16.9. The topological polar surface area (TPSA) is 87.5 Å². The molecule has 0 unspecified atom stereocenters. The zero-order valence-corrected chi connectivity index (χ0v) is 12.2. The smallest absolute Gasteiger partial charge is 0.374 e. The van der Waals surface area contributed by atoms with Crippen molar-refractivity contribution in [1.82, 2.24) is 5.32 Å². The third-order valence-electron chi connectivity index (χ3n) is 3.47. The van der Waals surface area contributed by atoms with Crippen LogP contribution >= 0.6 is 0 Å². The first-order valence-electron chi connectivity index (χ1n) is 7.07. The molecule has 0 aromatic heterocycles. The molecule has 0 spiro atoms. The zero-order valence-electron chi connectivity index (χ0n) is 12.2. The predicted octanol–water partition coefficient (Wildman–Crippen LogP) is 1.91. The van der Waals surface area contributed by atoms with Crippen molar-refractivity contribution in [2.45, 2.75) is 19.0 Å². The van der Waals surface area contributed by atoms with E-state index < -0.39 is 23.7 Å². The van der Waals surface area contributed by atoms with Gasteiger partial charge in [0, 0.05) is 13.1 Å². The van der Waals surface area contributed by atoms with Gasteiger partial charge in [-0.15, -0.1) is 0 Å². The fourth-order valence-electron chi connectivity index (χ4n) is 2.44. The molecule has 126 valence electrons. The molecule has 0 radical (unpaired) electrons. The van der Waals surface area contributed by atoms with E-state index in [1.165, 1.54) is 6.07 Å². The summed E-state index contributed by atoms with van der Waals surface area (Å²) in [4.78, 5) is 24.0. The minimum Gasteiger partial charge on any atom is -0.374 e. The van der Waals surface area contributed by atoms with E-state index in [-0.39, 0.29) is 12.2 Å². The lowest BCUT2D eigenvalue weighted by atomic mass is 10.1. The largest absolute Gasteiger partial charge is 0.416 e. The summed E-state index contributed by atoms with van der Waals surface area (Å²) in [5.41, 5.74) is 4.81. The number of carbonyl (C=O) groups excluding carboxylic acids is 2. The number of primary amides is 1. The van der Waals surface area contributed by atoms with Gasteiger partial charge in [-0.3, -0.25) is 10.1 Å². The van der Waals surface area contributed by atoms with Gasteiger partial charge in [-0.25, -0.2) is 4.79 Å². The molecule has 0 saturated carbocycles. The SMILES string of the molecule is NC(=O)NC(=O)CNc1cc(C(F)(F)F)ccc1N1CCCC1. The Bertz CT molecular complexity index is 598. The molecule has 0 bridgehead atoms. The zero-order chi connectivity index (χ0) is 17.0. The number of imide groups is 1. The van der Waals surface area contributed by atoms with Gasteiger partial charge in [0.15, 0.2) is 0 Å². The lowest BCUT2D eigenvalue weighted by Gasteiger charge is -2.23. The number of anilines is 2. The summed E-state index contributed by atoms with van der Waals surface area (Å²) in [6.07, 6.45) is -2.55. The van der Waals surface area contributed by atoms with Crippen LogP contribution in [0.1, 0.15) is 18.4 Å². The minimum atomic E-state index is -4.48. The van der Waals surface area contributed by atoms with Crippen molar-refractivity contribution in [1.29, 1.82) is 0 Å². The van der Waals surface area contributed by atoms with E-state index in [1.54, 1.807) is 0 Å². The monoisotopic (exact) mass is 330 g/mol. The van der Waals surface area contributed by atoms with Crippen molar-refractivity contribution in [3.8, 4) is 0 Å². The van der Waals surface area contributed by atoms with Crippen LogP contribution in [0.5, 0.6) is 0 Å². The van der Waals surface area contributed by atoms with Crippen LogP contribution < -0.4 is 21.3 Å². The van der Waals surface area contributed by atoms with Gasteiger partial charge in [-0.2, -0.15) is 13.2 Å². The molecular formula is C14H17F3N4O2. The minimum absolute atomic E-state index is 0.196. The van der Waals surface area contributed by atoms with Crippen LogP contribution in [-0.4, -0.2) is 31.6 Å². The number of rotatable bonds is 4. The molecule has 1 saturated heterocycles. The van der Waals surface area contributed by atoms with E-state index in [4.69, 9.17) is 5.73 Å². The molecule has 1 aromatic rings. The molecule has 1 aromatic carbocycles. The van der Waals surface area contributed by atoms with Crippen molar-refractivity contribution in [2.24, 2.45) is 5.73 Å². The van der Waals surface area contributed by atoms with Gasteiger partial charge in [0.05, 0.1) is 23.5 Å². The Kier molecular flexibility index (Phi) is 4.97. The molecule has 0 atom stereocenters. The van der Waals surface area contributed by atoms with Gasteiger partial charge in [0.25, 0.3) is 0 Å². The predicted molar refractivity (Wildman–Crippen MR) is 79.1 cm³/mol. The number of halogens is 3. The first-order valence-corrected chi connectivity index (χ1v) is 7.07. The fourth-order valence-corrected chi connectivity index (χ4v) is 2.44. The van der Waals surface area contributed by atoms with Gasteiger partial charge in [0.1, 0.15) is 0 Å². The molecule has 1 fully saturated rings. The lowest BCUT2D eigenvalue weighted by Crippen LogP contribution is -2.38. The van der Waals surface area contributed by atoms with E-state index >= 15 is 0 Å².